The molecule has 0 atom stereocenters. The van der Waals surface area contributed by atoms with Gasteiger partial charge in [-0.3, -0.25) is 30.0 Å². The highest BCUT2D eigenvalue weighted by Crippen LogP contribution is 2.24. The minimum atomic E-state index is -0.755. The van der Waals surface area contributed by atoms with E-state index in [2.05, 4.69) is 15.2 Å². The molecule has 1 saturated heterocycles. The Morgan fingerprint density at radius 1 is 0.844 bits per heavy atom. The van der Waals surface area contributed by atoms with Crippen LogP contribution >= 0.6 is 0 Å². The summed E-state index contributed by atoms with van der Waals surface area (Å²) < 4.78 is 0. The maximum atomic E-state index is 12.8. The lowest BCUT2D eigenvalue weighted by molar-refractivity contribution is -0.394. The number of pyridine rings is 1. The molecular formula is C20H17N7O5. The monoisotopic (exact) mass is 435 g/mol. The zero-order valence-corrected chi connectivity index (χ0v) is 16.7. The van der Waals surface area contributed by atoms with E-state index in [4.69, 9.17) is 0 Å². The Morgan fingerprint density at radius 2 is 1.53 bits per heavy atom. The van der Waals surface area contributed by atoms with Gasteiger partial charge in [-0.15, -0.1) is 10.2 Å². The van der Waals surface area contributed by atoms with Crippen molar-refractivity contribution in [1.82, 2.24) is 20.1 Å². The summed E-state index contributed by atoms with van der Waals surface area (Å²) in [5, 5.41) is 30.6. The summed E-state index contributed by atoms with van der Waals surface area (Å²) in [7, 11) is 0. The second kappa shape index (κ2) is 8.71. The maximum Gasteiger partial charge on any atom is 0.277 e. The van der Waals surface area contributed by atoms with Crippen molar-refractivity contribution in [2.24, 2.45) is 0 Å². The molecule has 0 bridgehead atoms. The van der Waals surface area contributed by atoms with Crippen molar-refractivity contribution in [3.63, 3.8) is 0 Å². The number of amides is 1. The average Bonchev–Trinajstić information content (AvgIpc) is 2.84. The molecule has 2 aromatic heterocycles. The van der Waals surface area contributed by atoms with E-state index in [-0.39, 0.29) is 5.56 Å². The van der Waals surface area contributed by atoms with Crippen LogP contribution in [0.25, 0.3) is 11.4 Å². The molecule has 0 unspecified atom stereocenters. The van der Waals surface area contributed by atoms with Crippen LogP contribution in [0.1, 0.15) is 10.4 Å². The first-order valence-electron chi connectivity index (χ1n) is 9.65. The lowest BCUT2D eigenvalue weighted by atomic mass is 10.1. The Hall–Kier alpha value is -4.48. The number of benzene rings is 1. The Bertz CT molecular complexity index is 1130. The normalized spacial score (nSPS) is 13.6. The Morgan fingerprint density at radius 3 is 2.06 bits per heavy atom. The SMILES string of the molecule is O=C(c1cc([N+](=O)[O-])cc([N+](=O)[O-])c1)N1CCN(c2ccc(-c3ccccn3)nn2)CC1. The fourth-order valence-corrected chi connectivity index (χ4v) is 3.40. The quantitative estimate of drug-likeness (QED) is 0.434. The summed E-state index contributed by atoms with van der Waals surface area (Å²) in [6.45, 7) is 1.61. The van der Waals surface area contributed by atoms with Gasteiger partial charge < -0.3 is 9.80 Å². The molecule has 0 aliphatic carbocycles. The van der Waals surface area contributed by atoms with E-state index < -0.39 is 27.1 Å². The minimum Gasteiger partial charge on any atom is -0.352 e. The van der Waals surface area contributed by atoms with Crippen molar-refractivity contribution >= 4 is 23.1 Å². The molecule has 32 heavy (non-hydrogen) atoms. The van der Waals surface area contributed by atoms with E-state index in [0.29, 0.717) is 43.4 Å². The number of carbonyl (C=O) groups is 1. The summed E-state index contributed by atoms with van der Waals surface area (Å²) in [5.74, 6) is 0.163. The molecule has 1 amide bonds. The Labute approximate surface area is 181 Å². The molecular weight excluding hydrogens is 418 g/mol. The molecule has 3 heterocycles. The molecule has 1 aliphatic rings. The van der Waals surface area contributed by atoms with Crippen LogP contribution in [0.4, 0.5) is 17.2 Å². The lowest BCUT2D eigenvalue weighted by Gasteiger charge is -2.35. The average molecular weight is 435 g/mol. The molecule has 0 radical (unpaired) electrons. The smallest absolute Gasteiger partial charge is 0.277 e. The molecule has 12 nitrogen and oxygen atoms in total. The standard InChI is InChI=1S/C20H17N7O5/c28-20(14-11-15(26(29)30)13-16(12-14)27(31)32)25-9-7-24(8-10-25)19-5-4-18(22-23-19)17-3-1-2-6-21-17/h1-6,11-13H,7-10H2. The number of hydrogen-bond donors (Lipinski definition) is 0. The largest absolute Gasteiger partial charge is 0.352 e. The van der Waals surface area contributed by atoms with Crippen LogP contribution in [0, 0.1) is 20.2 Å². The van der Waals surface area contributed by atoms with Gasteiger partial charge >= 0.3 is 0 Å². The van der Waals surface area contributed by atoms with Crippen LogP contribution < -0.4 is 4.90 Å². The number of nitro benzene ring substituents is 2. The van der Waals surface area contributed by atoms with Crippen molar-refractivity contribution in [1.29, 1.82) is 0 Å². The van der Waals surface area contributed by atoms with Crippen LogP contribution in [0.3, 0.4) is 0 Å². The number of non-ortho nitro benzene ring substituents is 2. The zero-order chi connectivity index (χ0) is 22.7. The van der Waals surface area contributed by atoms with Crippen molar-refractivity contribution in [2.75, 3.05) is 31.1 Å². The van der Waals surface area contributed by atoms with E-state index in [0.717, 1.165) is 18.2 Å². The molecule has 1 aliphatic heterocycles. The molecule has 12 heteroatoms. The van der Waals surface area contributed by atoms with Gasteiger partial charge in [0, 0.05) is 44.5 Å². The van der Waals surface area contributed by atoms with Crippen LogP contribution in [0.2, 0.25) is 0 Å². The number of nitro groups is 2. The van der Waals surface area contributed by atoms with Gasteiger partial charge in [-0.2, -0.15) is 0 Å². The highest BCUT2D eigenvalue weighted by Gasteiger charge is 2.26. The number of hydrogen-bond acceptors (Lipinski definition) is 9. The predicted molar refractivity (Wildman–Crippen MR) is 113 cm³/mol. The van der Waals surface area contributed by atoms with Crippen LogP contribution in [-0.4, -0.2) is 62.0 Å². The number of carbonyl (C=O) groups excluding carboxylic acids is 1. The molecule has 4 rings (SSSR count). The number of anilines is 1. The van der Waals surface area contributed by atoms with E-state index in [9.17, 15) is 25.0 Å². The highest BCUT2D eigenvalue weighted by molar-refractivity contribution is 5.95. The van der Waals surface area contributed by atoms with Gasteiger partial charge in [0.15, 0.2) is 5.82 Å². The van der Waals surface area contributed by atoms with Crippen molar-refractivity contribution in [3.8, 4) is 11.4 Å². The highest BCUT2D eigenvalue weighted by atomic mass is 16.6. The first-order valence-corrected chi connectivity index (χ1v) is 9.65. The van der Waals surface area contributed by atoms with Crippen molar-refractivity contribution < 1.29 is 14.6 Å². The van der Waals surface area contributed by atoms with E-state index in [1.54, 1.807) is 6.20 Å². The fourth-order valence-electron chi connectivity index (χ4n) is 3.40. The minimum absolute atomic E-state index is 0.0844. The van der Waals surface area contributed by atoms with E-state index >= 15 is 0 Å². The molecule has 0 spiro atoms. The fraction of sp³-hybridized carbons (Fsp3) is 0.200. The van der Waals surface area contributed by atoms with Crippen LogP contribution in [0.15, 0.2) is 54.7 Å². The molecule has 3 aromatic rings. The number of piperazine rings is 1. The van der Waals surface area contributed by atoms with Gasteiger partial charge in [-0.25, -0.2) is 0 Å². The van der Waals surface area contributed by atoms with E-state index in [1.807, 2.05) is 35.2 Å². The molecule has 1 aromatic carbocycles. The summed E-state index contributed by atoms with van der Waals surface area (Å²) >= 11 is 0. The van der Waals surface area contributed by atoms with Gasteiger partial charge in [-0.1, -0.05) is 6.07 Å². The summed E-state index contributed by atoms with van der Waals surface area (Å²) in [5.41, 5.74) is 0.288. The first-order chi connectivity index (χ1) is 15.4. The van der Waals surface area contributed by atoms with Crippen LogP contribution in [-0.2, 0) is 0 Å². The molecule has 162 valence electrons. The first kappa shape index (κ1) is 20.8. The zero-order valence-electron chi connectivity index (χ0n) is 16.7. The van der Waals surface area contributed by atoms with Gasteiger partial charge in [0.05, 0.1) is 27.2 Å². The number of rotatable bonds is 5. The predicted octanol–water partition coefficient (Wildman–Crippen LogP) is 2.32. The molecule has 0 N–H and O–H groups in total. The van der Waals surface area contributed by atoms with Gasteiger partial charge in [0.25, 0.3) is 17.3 Å². The summed E-state index contributed by atoms with van der Waals surface area (Å²) in [6.07, 6.45) is 1.68. The number of nitrogens with zero attached hydrogens (tertiary/aromatic N) is 7. The lowest BCUT2D eigenvalue weighted by Crippen LogP contribution is -2.49. The van der Waals surface area contributed by atoms with E-state index in [1.165, 1.54) is 4.90 Å². The van der Waals surface area contributed by atoms with Crippen LogP contribution in [0.5, 0.6) is 0 Å². The second-order valence-corrected chi connectivity index (χ2v) is 7.02. The van der Waals surface area contributed by atoms with Gasteiger partial charge in [0.2, 0.25) is 0 Å². The third-order valence-corrected chi connectivity index (χ3v) is 5.04. The molecule has 1 fully saturated rings. The summed E-state index contributed by atoms with van der Waals surface area (Å²) in [4.78, 5) is 41.2. The van der Waals surface area contributed by atoms with Crippen molar-refractivity contribution in [2.45, 2.75) is 0 Å². The Kier molecular flexibility index (Phi) is 5.66. The Balaban J connectivity index is 1.44. The van der Waals surface area contributed by atoms with Gasteiger partial charge in [0.1, 0.15) is 5.69 Å². The molecule has 0 saturated carbocycles. The van der Waals surface area contributed by atoms with Crippen molar-refractivity contribution in [3.05, 3.63) is 80.5 Å². The maximum absolute atomic E-state index is 12.8. The number of aromatic nitrogens is 3. The summed E-state index contributed by atoms with van der Waals surface area (Å²) in [6, 6.07) is 12.1. The second-order valence-electron chi connectivity index (χ2n) is 7.02. The van der Waals surface area contributed by atoms with Gasteiger partial charge in [-0.05, 0) is 24.3 Å². The third-order valence-electron chi connectivity index (χ3n) is 5.04. The third kappa shape index (κ3) is 4.33. The topological polar surface area (TPSA) is 148 Å².